The second kappa shape index (κ2) is 6.29. The third-order valence-electron chi connectivity index (χ3n) is 3.42. The minimum Gasteiger partial charge on any atom is -0.344 e. The van der Waals surface area contributed by atoms with Gasteiger partial charge >= 0.3 is 0 Å². The monoisotopic (exact) mass is 312 g/mol. The average Bonchev–Trinajstić information content (AvgIpc) is 2.89. The summed E-state index contributed by atoms with van der Waals surface area (Å²) in [6, 6.07) is 0. The van der Waals surface area contributed by atoms with Crippen LogP contribution >= 0.6 is 0 Å². The molecule has 0 aromatic heterocycles. The van der Waals surface area contributed by atoms with Crippen LogP contribution in [0.4, 0.5) is 0 Å². The van der Waals surface area contributed by atoms with E-state index >= 15 is 0 Å². The summed E-state index contributed by atoms with van der Waals surface area (Å²) in [6.07, 6.45) is -1.88. The fraction of sp³-hybridized carbons (Fsp3) is 1.00. The molecule has 2 heterocycles. The summed E-state index contributed by atoms with van der Waals surface area (Å²) in [7, 11) is 0. The van der Waals surface area contributed by atoms with Gasteiger partial charge in [0.15, 0.2) is 11.6 Å². The van der Waals surface area contributed by atoms with Crippen molar-refractivity contribution in [3.05, 3.63) is 20.9 Å². The summed E-state index contributed by atoms with van der Waals surface area (Å²) < 4.78 is 23.3. The predicted octanol–water partition coefficient (Wildman–Crippen LogP) is 2.65. The van der Waals surface area contributed by atoms with Gasteiger partial charge in [0.25, 0.3) is 0 Å². The largest absolute Gasteiger partial charge is 0.344 e. The molecule has 2 rings (SSSR count). The zero-order chi connectivity index (χ0) is 16.4. The van der Waals surface area contributed by atoms with Gasteiger partial charge in [0.1, 0.15) is 12.2 Å². The Morgan fingerprint density at radius 1 is 0.773 bits per heavy atom. The third kappa shape index (κ3) is 3.80. The molecule has 0 aromatic carbocycles. The van der Waals surface area contributed by atoms with Gasteiger partial charge in [-0.25, -0.2) is 0 Å². The summed E-state index contributed by atoms with van der Waals surface area (Å²) in [5.41, 5.74) is 17.0. The molecule has 0 aliphatic carbocycles. The summed E-state index contributed by atoms with van der Waals surface area (Å²) in [6.45, 7) is 7.36. The zero-order valence-electron chi connectivity index (χ0n) is 13.0. The molecule has 122 valence electrons. The number of azide groups is 2. The molecular formula is C12H20N6O4. The molecule has 0 aromatic rings. The van der Waals surface area contributed by atoms with Crippen molar-refractivity contribution in [1.29, 1.82) is 0 Å². The minimum absolute atomic E-state index is 0.124. The van der Waals surface area contributed by atoms with E-state index in [1.165, 1.54) is 0 Å². The smallest absolute Gasteiger partial charge is 0.163 e. The van der Waals surface area contributed by atoms with Crippen molar-refractivity contribution in [1.82, 2.24) is 0 Å². The predicted molar refractivity (Wildman–Crippen MR) is 75.7 cm³/mol. The van der Waals surface area contributed by atoms with E-state index in [0.717, 1.165) is 0 Å². The summed E-state index contributed by atoms with van der Waals surface area (Å²) in [4.78, 5) is 5.51. The topological polar surface area (TPSA) is 134 Å². The number of rotatable bonds is 5. The van der Waals surface area contributed by atoms with Crippen LogP contribution in [0.5, 0.6) is 0 Å². The van der Waals surface area contributed by atoms with Crippen LogP contribution in [-0.2, 0) is 18.9 Å². The van der Waals surface area contributed by atoms with Crippen molar-refractivity contribution in [2.75, 3.05) is 13.1 Å². The van der Waals surface area contributed by atoms with Crippen molar-refractivity contribution < 1.29 is 18.9 Å². The van der Waals surface area contributed by atoms with Crippen molar-refractivity contribution in [3.8, 4) is 0 Å². The van der Waals surface area contributed by atoms with Crippen LogP contribution in [0.2, 0.25) is 0 Å². The van der Waals surface area contributed by atoms with Gasteiger partial charge in [0.2, 0.25) is 0 Å². The van der Waals surface area contributed by atoms with Crippen LogP contribution < -0.4 is 0 Å². The highest BCUT2D eigenvalue weighted by atomic mass is 16.8. The van der Waals surface area contributed by atoms with Crippen LogP contribution in [-0.4, -0.2) is 49.1 Å². The standard InChI is InChI=1S/C12H20N6O4/c1-11(2)19-7(5-15-17-13)9(21-11)10-8(6-16-18-14)20-12(3,4)22-10/h7-10H,5-6H2,1-4H3/t7-,8+,9+,10-. The van der Waals surface area contributed by atoms with Gasteiger partial charge in [-0.2, -0.15) is 0 Å². The molecule has 0 bridgehead atoms. The number of hydrogen-bond acceptors (Lipinski definition) is 6. The first kappa shape index (κ1) is 16.8. The maximum atomic E-state index is 8.51. The highest BCUT2D eigenvalue weighted by Gasteiger charge is 2.53. The fourth-order valence-corrected chi connectivity index (χ4v) is 2.80. The molecule has 0 amide bonds. The lowest BCUT2D eigenvalue weighted by atomic mass is 10.0. The molecule has 10 heteroatoms. The van der Waals surface area contributed by atoms with Crippen LogP contribution in [0, 0.1) is 0 Å². The Morgan fingerprint density at radius 3 is 1.45 bits per heavy atom. The summed E-state index contributed by atoms with van der Waals surface area (Å²) >= 11 is 0. The molecule has 10 nitrogen and oxygen atoms in total. The van der Waals surface area contributed by atoms with Crippen LogP contribution in [0.1, 0.15) is 27.7 Å². The highest BCUT2D eigenvalue weighted by molar-refractivity contribution is 4.96. The third-order valence-corrected chi connectivity index (χ3v) is 3.42. The molecule has 0 spiro atoms. The Labute approximate surface area is 127 Å². The molecule has 22 heavy (non-hydrogen) atoms. The Balaban J connectivity index is 2.20. The second-order valence-electron chi connectivity index (χ2n) is 6.10. The lowest BCUT2D eigenvalue weighted by Gasteiger charge is -2.25. The molecule has 0 radical (unpaired) electrons. The average molecular weight is 312 g/mol. The molecule has 2 aliphatic heterocycles. The van der Waals surface area contributed by atoms with Crippen molar-refractivity contribution in [2.24, 2.45) is 10.2 Å². The number of nitrogens with zero attached hydrogens (tertiary/aromatic N) is 6. The highest BCUT2D eigenvalue weighted by Crippen LogP contribution is 2.38. The van der Waals surface area contributed by atoms with Crippen LogP contribution in [0.15, 0.2) is 10.2 Å². The number of ether oxygens (including phenoxy) is 4. The van der Waals surface area contributed by atoms with E-state index in [1.807, 2.05) is 0 Å². The van der Waals surface area contributed by atoms with Crippen molar-refractivity contribution >= 4 is 0 Å². The minimum atomic E-state index is -0.820. The Hall–Kier alpha value is -1.54. The molecule has 2 fully saturated rings. The van der Waals surface area contributed by atoms with Crippen LogP contribution in [0.3, 0.4) is 0 Å². The van der Waals surface area contributed by atoms with E-state index in [4.69, 9.17) is 30.0 Å². The van der Waals surface area contributed by atoms with E-state index < -0.39 is 36.0 Å². The van der Waals surface area contributed by atoms with Crippen LogP contribution in [0.25, 0.3) is 20.9 Å². The zero-order valence-corrected chi connectivity index (χ0v) is 13.0. The number of hydrogen-bond donors (Lipinski definition) is 0. The lowest BCUT2D eigenvalue weighted by molar-refractivity contribution is -0.175. The van der Waals surface area contributed by atoms with E-state index in [1.54, 1.807) is 27.7 Å². The molecule has 2 saturated heterocycles. The Morgan fingerprint density at radius 2 is 1.14 bits per heavy atom. The van der Waals surface area contributed by atoms with Gasteiger partial charge in [-0.15, -0.1) is 0 Å². The molecule has 0 N–H and O–H groups in total. The van der Waals surface area contributed by atoms with Gasteiger partial charge in [-0.1, -0.05) is 10.2 Å². The van der Waals surface area contributed by atoms with Gasteiger partial charge in [-0.3, -0.25) is 0 Å². The quantitative estimate of drug-likeness (QED) is 0.438. The first-order valence-corrected chi connectivity index (χ1v) is 7.01. The first-order chi connectivity index (χ1) is 10.3. The van der Waals surface area contributed by atoms with E-state index in [2.05, 4.69) is 20.1 Å². The molecule has 2 aliphatic rings. The first-order valence-electron chi connectivity index (χ1n) is 7.01. The van der Waals surface area contributed by atoms with Gasteiger partial charge in [0.05, 0.1) is 25.3 Å². The molecule has 0 unspecified atom stereocenters. The summed E-state index contributed by atoms with van der Waals surface area (Å²) in [5.74, 6) is -1.64. The SMILES string of the molecule is CC1(C)O[C@@H]([C@H]2OC(C)(C)O[C@@H]2CN=[N+]=[N-])[C@H](CN=[N+]=[N-])O1. The molecule has 0 saturated carbocycles. The fourth-order valence-electron chi connectivity index (χ4n) is 2.80. The van der Waals surface area contributed by atoms with Gasteiger partial charge in [-0.05, 0) is 38.8 Å². The normalized spacial score (nSPS) is 35.6. The molecular weight excluding hydrogens is 292 g/mol. The van der Waals surface area contributed by atoms with Crippen molar-refractivity contribution in [3.63, 3.8) is 0 Å². The van der Waals surface area contributed by atoms with E-state index in [9.17, 15) is 0 Å². The maximum absolute atomic E-state index is 8.51. The van der Waals surface area contributed by atoms with E-state index in [-0.39, 0.29) is 13.1 Å². The van der Waals surface area contributed by atoms with Gasteiger partial charge in [0, 0.05) is 9.82 Å². The Kier molecular flexibility index (Phi) is 4.81. The lowest BCUT2D eigenvalue weighted by Crippen LogP contribution is -2.44. The maximum Gasteiger partial charge on any atom is 0.163 e. The van der Waals surface area contributed by atoms with Crippen molar-refractivity contribution in [2.45, 2.75) is 63.7 Å². The van der Waals surface area contributed by atoms with Gasteiger partial charge < -0.3 is 18.9 Å². The summed E-state index contributed by atoms with van der Waals surface area (Å²) in [5, 5.41) is 7.12. The Bertz CT molecular complexity index is 466. The van der Waals surface area contributed by atoms with E-state index in [0.29, 0.717) is 0 Å². The second-order valence-corrected chi connectivity index (χ2v) is 6.10. The molecule has 4 atom stereocenters.